The maximum atomic E-state index is 11.9. The van der Waals surface area contributed by atoms with Gasteiger partial charge < -0.3 is 16.4 Å². The number of benzene rings is 1. The van der Waals surface area contributed by atoms with Gasteiger partial charge in [-0.3, -0.25) is 9.59 Å². The molecule has 0 saturated carbocycles. The SMILES string of the molecule is CCC(C)C(N)C(=O)NCC(=O)Nc1c(C)cccc1C.Cl. The second kappa shape index (κ2) is 9.43. The average Bonchev–Trinajstić information content (AvgIpc) is 2.47. The van der Waals surface area contributed by atoms with E-state index in [2.05, 4.69) is 10.6 Å². The van der Waals surface area contributed by atoms with Crippen LogP contribution in [0.4, 0.5) is 5.69 Å². The number of nitrogens with two attached hydrogens (primary N) is 1. The number of amides is 2. The van der Waals surface area contributed by atoms with E-state index < -0.39 is 6.04 Å². The van der Waals surface area contributed by atoms with E-state index in [0.717, 1.165) is 23.2 Å². The van der Waals surface area contributed by atoms with E-state index in [-0.39, 0.29) is 36.7 Å². The molecule has 2 unspecified atom stereocenters. The number of anilines is 1. The zero-order chi connectivity index (χ0) is 16.0. The van der Waals surface area contributed by atoms with Crippen LogP contribution in [0.1, 0.15) is 31.4 Å². The highest BCUT2D eigenvalue weighted by Gasteiger charge is 2.19. The first-order valence-corrected chi connectivity index (χ1v) is 7.26. The van der Waals surface area contributed by atoms with E-state index >= 15 is 0 Å². The summed E-state index contributed by atoms with van der Waals surface area (Å²) >= 11 is 0. The van der Waals surface area contributed by atoms with E-state index in [9.17, 15) is 9.59 Å². The van der Waals surface area contributed by atoms with Crippen LogP contribution in [0.25, 0.3) is 0 Å². The summed E-state index contributed by atoms with van der Waals surface area (Å²) in [6, 6.07) is 5.22. The summed E-state index contributed by atoms with van der Waals surface area (Å²) in [5, 5.41) is 5.40. The van der Waals surface area contributed by atoms with Crippen LogP contribution in [-0.4, -0.2) is 24.4 Å². The maximum absolute atomic E-state index is 11.9. The Morgan fingerprint density at radius 3 is 2.27 bits per heavy atom. The first kappa shape index (κ1) is 20.4. The van der Waals surface area contributed by atoms with Crippen molar-refractivity contribution in [1.82, 2.24) is 5.32 Å². The third-order valence-corrected chi connectivity index (χ3v) is 3.73. The Labute approximate surface area is 138 Å². The van der Waals surface area contributed by atoms with Crippen molar-refractivity contribution in [3.63, 3.8) is 0 Å². The van der Waals surface area contributed by atoms with Gasteiger partial charge in [0, 0.05) is 5.69 Å². The highest BCUT2D eigenvalue weighted by molar-refractivity contribution is 5.96. The van der Waals surface area contributed by atoms with Gasteiger partial charge >= 0.3 is 0 Å². The predicted molar refractivity (Wildman–Crippen MR) is 92.2 cm³/mol. The van der Waals surface area contributed by atoms with E-state index in [1.165, 1.54) is 0 Å². The Balaban J connectivity index is 0.00000441. The van der Waals surface area contributed by atoms with Crippen LogP contribution in [0, 0.1) is 19.8 Å². The number of para-hydroxylation sites is 1. The van der Waals surface area contributed by atoms with Gasteiger partial charge in [0.25, 0.3) is 0 Å². The van der Waals surface area contributed by atoms with Gasteiger partial charge in [-0.1, -0.05) is 38.5 Å². The molecule has 1 aromatic carbocycles. The molecule has 6 heteroatoms. The Kier molecular flexibility index (Phi) is 8.75. The quantitative estimate of drug-likeness (QED) is 0.748. The summed E-state index contributed by atoms with van der Waals surface area (Å²) in [5.74, 6) is -0.454. The van der Waals surface area contributed by atoms with Crippen molar-refractivity contribution in [3.05, 3.63) is 29.3 Å². The molecule has 0 bridgehead atoms. The summed E-state index contributed by atoms with van der Waals surface area (Å²) < 4.78 is 0. The third kappa shape index (κ3) is 5.66. The van der Waals surface area contributed by atoms with Crippen LogP contribution < -0.4 is 16.4 Å². The molecule has 1 aromatic rings. The molecular weight excluding hydrogens is 302 g/mol. The van der Waals surface area contributed by atoms with Crippen molar-refractivity contribution in [2.24, 2.45) is 11.7 Å². The van der Waals surface area contributed by atoms with Gasteiger partial charge in [-0.05, 0) is 30.9 Å². The molecule has 0 heterocycles. The van der Waals surface area contributed by atoms with Crippen LogP contribution in [-0.2, 0) is 9.59 Å². The number of halogens is 1. The number of rotatable bonds is 6. The van der Waals surface area contributed by atoms with Gasteiger partial charge in [-0.25, -0.2) is 0 Å². The van der Waals surface area contributed by atoms with Gasteiger partial charge in [0.15, 0.2) is 0 Å². The molecule has 5 nitrogen and oxygen atoms in total. The Morgan fingerprint density at radius 1 is 1.23 bits per heavy atom. The van der Waals surface area contributed by atoms with Crippen molar-refractivity contribution in [2.75, 3.05) is 11.9 Å². The highest BCUT2D eigenvalue weighted by atomic mass is 35.5. The summed E-state index contributed by atoms with van der Waals surface area (Å²) in [5.41, 5.74) is 8.59. The summed E-state index contributed by atoms with van der Waals surface area (Å²) in [4.78, 5) is 23.7. The lowest BCUT2D eigenvalue weighted by atomic mass is 9.99. The minimum atomic E-state index is -0.581. The fraction of sp³-hybridized carbons (Fsp3) is 0.500. The molecule has 0 aromatic heterocycles. The van der Waals surface area contributed by atoms with Crippen LogP contribution in [0.15, 0.2) is 18.2 Å². The minimum absolute atomic E-state index is 0. The van der Waals surface area contributed by atoms with Gasteiger partial charge in [0.05, 0.1) is 12.6 Å². The second-order valence-corrected chi connectivity index (χ2v) is 5.44. The molecule has 1 rings (SSSR count). The molecule has 0 fully saturated rings. The van der Waals surface area contributed by atoms with Crippen molar-refractivity contribution in [2.45, 2.75) is 40.2 Å². The number of hydrogen-bond donors (Lipinski definition) is 3. The monoisotopic (exact) mass is 327 g/mol. The normalized spacial score (nSPS) is 12.8. The van der Waals surface area contributed by atoms with E-state index in [1.807, 2.05) is 45.9 Å². The molecule has 2 atom stereocenters. The zero-order valence-corrected chi connectivity index (χ0v) is 14.4. The molecule has 0 spiro atoms. The van der Waals surface area contributed by atoms with Crippen molar-refractivity contribution in [3.8, 4) is 0 Å². The second-order valence-electron chi connectivity index (χ2n) is 5.44. The lowest BCUT2D eigenvalue weighted by molar-refractivity contribution is -0.125. The van der Waals surface area contributed by atoms with E-state index in [4.69, 9.17) is 5.73 Å². The van der Waals surface area contributed by atoms with Crippen LogP contribution in [0.3, 0.4) is 0 Å². The molecular formula is C16H26ClN3O2. The topological polar surface area (TPSA) is 84.2 Å². The van der Waals surface area contributed by atoms with Crippen LogP contribution >= 0.6 is 12.4 Å². The van der Waals surface area contributed by atoms with E-state index in [0.29, 0.717) is 0 Å². The number of hydrogen-bond acceptors (Lipinski definition) is 3. The smallest absolute Gasteiger partial charge is 0.243 e. The number of aryl methyl sites for hydroxylation is 2. The van der Waals surface area contributed by atoms with Crippen molar-refractivity contribution < 1.29 is 9.59 Å². The zero-order valence-electron chi connectivity index (χ0n) is 13.6. The van der Waals surface area contributed by atoms with E-state index in [1.54, 1.807) is 0 Å². The summed E-state index contributed by atoms with van der Waals surface area (Å²) in [6.07, 6.45) is 0.823. The molecule has 0 radical (unpaired) electrons. The molecule has 0 aliphatic heterocycles. The molecule has 22 heavy (non-hydrogen) atoms. The predicted octanol–water partition coefficient (Wildman–Crippen LogP) is 2.15. The molecule has 0 aliphatic rings. The Morgan fingerprint density at radius 2 is 1.77 bits per heavy atom. The lowest BCUT2D eigenvalue weighted by Gasteiger charge is -2.18. The number of carbonyl (C=O) groups excluding carboxylic acids is 2. The first-order chi connectivity index (χ1) is 9.86. The van der Waals surface area contributed by atoms with Crippen LogP contribution in [0.5, 0.6) is 0 Å². The summed E-state index contributed by atoms with van der Waals surface area (Å²) in [7, 11) is 0. The fourth-order valence-electron chi connectivity index (χ4n) is 1.99. The standard InChI is InChI=1S/C16H25N3O2.ClH/c1-5-10(2)14(17)16(21)18-9-13(20)19-15-11(3)7-6-8-12(15)4;/h6-8,10,14H,5,9,17H2,1-4H3,(H,18,21)(H,19,20);1H. The fourth-order valence-corrected chi connectivity index (χ4v) is 1.99. The third-order valence-electron chi connectivity index (χ3n) is 3.73. The summed E-state index contributed by atoms with van der Waals surface area (Å²) in [6.45, 7) is 7.68. The molecule has 2 amide bonds. The van der Waals surface area contributed by atoms with Gasteiger partial charge in [0.1, 0.15) is 0 Å². The largest absolute Gasteiger partial charge is 0.346 e. The number of nitrogens with one attached hydrogen (secondary N) is 2. The molecule has 4 N–H and O–H groups in total. The Hall–Kier alpha value is -1.59. The lowest BCUT2D eigenvalue weighted by Crippen LogP contribution is -2.46. The number of carbonyl (C=O) groups is 2. The van der Waals surface area contributed by atoms with Gasteiger partial charge in [-0.2, -0.15) is 0 Å². The molecule has 0 saturated heterocycles. The first-order valence-electron chi connectivity index (χ1n) is 7.26. The van der Waals surface area contributed by atoms with Crippen molar-refractivity contribution in [1.29, 1.82) is 0 Å². The average molecular weight is 328 g/mol. The minimum Gasteiger partial charge on any atom is -0.346 e. The maximum Gasteiger partial charge on any atom is 0.243 e. The van der Waals surface area contributed by atoms with Gasteiger partial charge in [0.2, 0.25) is 11.8 Å². The molecule has 0 aliphatic carbocycles. The van der Waals surface area contributed by atoms with Crippen molar-refractivity contribution >= 4 is 29.9 Å². The van der Waals surface area contributed by atoms with Gasteiger partial charge in [-0.15, -0.1) is 12.4 Å². The molecule has 124 valence electrons. The van der Waals surface area contributed by atoms with Crippen LogP contribution in [0.2, 0.25) is 0 Å². The Bertz CT molecular complexity index is 500. The highest BCUT2D eigenvalue weighted by Crippen LogP contribution is 2.18.